The molecule has 0 fully saturated rings. The second kappa shape index (κ2) is 10.6. The zero-order valence-corrected chi connectivity index (χ0v) is 18.3. The molecule has 3 aromatic carbocycles. The fourth-order valence-corrected chi connectivity index (χ4v) is 3.40. The Morgan fingerprint density at radius 3 is 2.23 bits per heavy atom. The van der Waals surface area contributed by atoms with Crippen molar-refractivity contribution in [2.24, 2.45) is 0 Å². The van der Waals surface area contributed by atoms with Gasteiger partial charge in [0.25, 0.3) is 0 Å². The summed E-state index contributed by atoms with van der Waals surface area (Å²) in [6, 6.07) is 22.1. The lowest BCUT2D eigenvalue weighted by Crippen LogP contribution is -2.19. The van der Waals surface area contributed by atoms with Crippen LogP contribution in [0.4, 0.5) is 0 Å². The zero-order chi connectivity index (χ0) is 22.2. The van der Waals surface area contributed by atoms with Gasteiger partial charge in [0.15, 0.2) is 6.61 Å². The number of rotatable bonds is 10. The van der Waals surface area contributed by atoms with E-state index in [4.69, 9.17) is 14.6 Å². The predicted octanol–water partition coefficient (Wildman–Crippen LogP) is 4.66. The van der Waals surface area contributed by atoms with Crippen molar-refractivity contribution in [3.63, 3.8) is 0 Å². The summed E-state index contributed by atoms with van der Waals surface area (Å²) in [5.74, 6) is 0.418. The fraction of sp³-hybridized carbons (Fsp3) is 0.269. The van der Waals surface area contributed by atoms with Crippen molar-refractivity contribution in [1.82, 2.24) is 4.90 Å². The van der Waals surface area contributed by atoms with Crippen LogP contribution in [0.15, 0.2) is 66.7 Å². The molecule has 1 N–H and O–H groups in total. The number of benzene rings is 3. The number of aliphatic carboxylic acids is 1. The van der Waals surface area contributed by atoms with Gasteiger partial charge in [-0.3, -0.25) is 0 Å². The van der Waals surface area contributed by atoms with Crippen molar-refractivity contribution in [1.29, 1.82) is 0 Å². The summed E-state index contributed by atoms with van der Waals surface area (Å²) in [5.41, 5.74) is 5.61. The van der Waals surface area contributed by atoms with E-state index >= 15 is 0 Å². The maximum absolute atomic E-state index is 10.9. The first kappa shape index (κ1) is 22.4. The first-order valence-corrected chi connectivity index (χ1v) is 10.3. The van der Waals surface area contributed by atoms with Gasteiger partial charge >= 0.3 is 5.97 Å². The van der Waals surface area contributed by atoms with Gasteiger partial charge < -0.3 is 19.5 Å². The van der Waals surface area contributed by atoms with E-state index in [1.54, 1.807) is 0 Å². The lowest BCUT2D eigenvalue weighted by atomic mass is 9.92. The number of ether oxygens (including phenoxy) is 2. The van der Waals surface area contributed by atoms with Crippen molar-refractivity contribution in [3.8, 4) is 22.6 Å². The van der Waals surface area contributed by atoms with Crippen LogP contribution in [0.2, 0.25) is 0 Å². The average Bonchev–Trinajstić information content (AvgIpc) is 2.73. The molecule has 162 valence electrons. The van der Waals surface area contributed by atoms with Crippen molar-refractivity contribution < 1.29 is 19.4 Å². The number of hydrogen-bond acceptors (Lipinski definition) is 4. The minimum atomic E-state index is -0.991. The van der Waals surface area contributed by atoms with E-state index in [0.29, 0.717) is 12.4 Å². The summed E-state index contributed by atoms with van der Waals surface area (Å²) in [5, 5.41) is 8.93. The molecule has 0 aromatic heterocycles. The molecule has 0 saturated heterocycles. The van der Waals surface area contributed by atoms with Gasteiger partial charge in [-0.1, -0.05) is 42.5 Å². The standard InChI is InChI=1S/C26H29NO4/c1-19-15-22(30-14-13-27(2)3)9-11-24(19)25-12-10-23(31-18-26(28)29)17-21(25)16-20-7-5-4-6-8-20/h4-12,15,17H,13-14,16,18H2,1-3H3,(H,28,29). The highest BCUT2D eigenvalue weighted by molar-refractivity contribution is 5.73. The lowest BCUT2D eigenvalue weighted by Gasteiger charge is -2.16. The normalized spacial score (nSPS) is 10.8. The number of carboxylic acid groups (broad SMARTS) is 1. The van der Waals surface area contributed by atoms with Crippen LogP contribution in [0.25, 0.3) is 11.1 Å². The van der Waals surface area contributed by atoms with E-state index in [9.17, 15) is 4.79 Å². The van der Waals surface area contributed by atoms with Crippen LogP contribution in [-0.4, -0.2) is 49.8 Å². The maximum atomic E-state index is 10.9. The number of likely N-dealkylation sites (N-methyl/N-ethyl adjacent to an activating group) is 1. The van der Waals surface area contributed by atoms with Crippen LogP contribution in [0, 0.1) is 6.92 Å². The molecule has 5 heteroatoms. The number of nitrogens with zero attached hydrogens (tertiary/aromatic N) is 1. The van der Waals surface area contributed by atoms with Crippen LogP contribution in [0.5, 0.6) is 11.5 Å². The van der Waals surface area contributed by atoms with E-state index in [-0.39, 0.29) is 6.61 Å². The average molecular weight is 420 g/mol. The zero-order valence-electron chi connectivity index (χ0n) is 18.3. The summed E-state index contributed by atoms with van der Waals surface area (Å²) in [7, 11) is 4.05. The minimum Gasteiger partial charge on any atom is -0.492 e. The molecule has 31 heavy (non-hydrogen) atoms. The number of hydrogen-bond donors (Lipinski definition) is 1. The van der Waals surface area contributed by atoms with Crippen LogP contribution < -0.4 is 9.47 Å². The minimum absolute atomic E-state index is 0.359. The number of carboxylic acids is 1. The topological polar surface area (TPSA) is 59.0 Å². The Hall–Kier alpha value is -3.31. The summed E-state index contributed by atoms with van der Waals surface area (Å²) in [4.78, 5) is 13.0. The first-order chi connectivity index (χ1) is 14.9. The fourth-order valence-electron chi connectivity index (χ4n) is 3.40. The molecule has 5 nitrogen and oxygen atoms in total. The first-order valence-electron chi connectivity index (χ1n) is 10.3. The van der Waals surface area contributed by atoms with Crippen molar-refractivity contribution in [2.45, 2.75) is 13.3 Å². The quantitative estimate of drug-likeness (QED) is 0.518. The van der Waals surface area contributed by atoms with Crippen molar-refractivity contribution >= 4 is 5.97 Å². The van der Waals surface area contributed by atoms with E-state index in [1.165, 1.54) is 5.56 Å². The molecule has 0 heterocycles. The van der Waals surface area contributed by atoms with Crippen LogP contribution >= 0.6 is 0 Å². The SMILES string of the molecule is Cc1cc(OCCN(C)C)ccc1-c1ccc(OCC(=O)O)cc1Cc1ccccc1. The Morgan fingerprint density at radius 2 is 1.58 bits per heavy atom. The smallest absolute Gasteiger partial charge is 0.341 e. The highest BCUT2D eigenvalue weighted by Crippen LogP contribution is 2.33. The molecule has 0 aliphatic carbocycles. The molecular weight excluding hydrogens is 390 g/mol. The third-order valence-electron chi connectivity index (χ3n) is 4.97. The Balaban J connectivity index is 1.90. The Kier molecular flexibility index (Phi) is 7.68. The van der Waals surface area contributed by atoms with Gasteiger partial charge in [-0.25, -0.2) is 4.79 Å². The predicted molar refractivity (Wildman–Crippen MR) is 123 cm³/mol. The Labute approximate surface area is 183 Å². The van der Waals surface area contributed by atoms with Crippen molar-refractivity contribution in [2.75, 3.05) is 33.9 Å². The van der Waals surface area contributed by atoms with E-state index in [1.807, 2.05) is 56.6 Å². The molecule has 0 aliphatic heterocycles. The van der Waals surface area contributed by atoms with Gasteiger partial charge in [-0.2, -0.15) is 0 Å². The third-order valence-corrected chi connectivity index (χ3v) is 4.97. The summed E-state index contributed by atoms with van der Waals surface area (Å²) in [6.07, 6.45) is 0.723. The van der Waals surface area contributed by atoms with Gasteiger partial charge in [0.05, 0.1) is 0 Å². The maximum Gasteiger partial charge on any atom is 0.341 e. The second-order valence-electron chi connectivity index (χ2n) is 7.79. The van der Waals surface area contributed by atoms with Crippen molar-refractivity contribution in [3.05, 3.63) is 83.4 Å². The summed E-state index contributed by atoms with van der Waals surface area (Å²) < 4.78 is 11.3. The molecule has 0 spiro atoms. The molecule has 0 amide bonds. The molecule has 0 atom stereocenters. The number of aryl methyl sites for hydroxylation is 1. The highest BCUT2D eigenvalue weighted by atomic mass is 16.5. The Morgan fingerprint density at radius 1 is 0.903 bits per heavy atom. The Bertz CT molecular complexity index is 1020. The van der Waals surface area contributed by atoms with Crippen LogP contribution in [0.3, 0.4) is 0 Å². The molecule has 0 aliphatic rings. The molecule has 0 bridgehead atoms. The highest BCUT2D eigenvalue weighted by Gasteiger charge is 2.12. The molecule has 0 radical (unpaired) electrons. The van der Waals surface area contributed by atoms with Gasteiger partial charge in [0, 0.05) is 6.54 Å². The van der Waals surface area contributed by atoms with E-state index in [2.05, 4.69) is 36.1 Å². The monoisotopic (exact) mass is 419 g/mol. The number of carbonyl (C=O) groups is 1. The third kappa shape index (κ3) is 6.59. The van der Waals surface area contributed by atoms with E-state index in [0.717, 1.165) is 41.0 Å². The lowest BCUT2D eigenvalue weighted by molar-refractivity contribution is -0.139. The molecule has 0 unspecified atom stereocenters. The van der Waals surface area contributed by atoms with Gasteiger partial charge in [0.1, 0.15) is 18.1 Å². The van der Waals surface area contributed by atoms with Gasteiger partial charge in [0.2, 0.25) is 0 Å². The summed E-state index contributed by atoms with van der Waals surface area (Å²) >= 11 is 0. The molecule has 0 saturated carbocycles. The van der Waals surface area contributed by atoms with Crippen LogP contribution in [0.1, 0.15) is 16.7 Å². The van der Waals surface area contributed by atoms with Crippen LogP contribution in [-0.2, 0) is 11.2 Å². The molecular formula is C26H29NO4. The molecule has 3 aromatic rings. The second-order valence-corrected chi connectivity index (χ2v) is 7.79. The van der Waals surface area contributed by atoms with Gasteiger partial charge in [-0.05, 0) is 79.5 Å². The summed E-state index contributed by atoms with van der Waals surface area (Å²) in [6.45, 7) is 3.22. The van der Waals surface area contributed by atoms with Gasteiger partial charge in [-0.15, -0.1) is 0 Å². The largest absolute Gasteiger partial charge is 0.492 e. The molecule has 3 rings (SSSR count). The van der Waals surface area contributed by atoms with E-state index < -0.39 is 5.97 Å².